The normalized spacial score (nSPS) is 12.0. The average Bonchev–Trinajstić information content (AvgIpc) is 2.92. The third-order valence-corrected chi connectivity index (χ3v) is 4.42. The second-order valence-electron chi connectivity index (χ2n) is 6.39. The van der Waals surface area contributed by atoms with E-state index in [4.69, 9.17) is 0 Å². The van der Waals surface area contributed by atoms with Crippen molar-refractivity contribution in [1.29, 1.82) is 0 Å². The van der Waals surface area contributed by atoms with Crippen LogP contribution in [0.4, 0.5) is 8.78 Å². The van der Waals surface area contributed by atoms with Crippen molar-refractivity contribution in [2.75, 3.05) is 0 Å². The fourth-order valence-corrected chi connectivity index (χ4v) is 2.99. The number of hydrogen-bond acceptors (Lipinski definition) is 2. The zero-order valence-electron chi connectivity index (χ0n) is 14.2. The van der Waals surface area contributed by atoms with Gasteiger partial charge in [0.15, 0.2) is 0 Å². The highest BCUT2D eigenvalue weighted by Gasteiger charge is 2.21. The summed E-state index contributed by atoms with van der Waals surface area (Å²) in [6, 6.07) is 5.85. The van der Waals surface area contributed by atoms with Crippen LogP contribution in [0.25, 0.3) is 10.9 Å². The van der Waals surface area contributed by atoms with Gasteiger partial charge in [-0.15, -0.1) is 0 Å². The van der Waals surface area contributed by atoms with Crippen LogP contribution in [-0.2, 0) is 13.0 Å². The Morgan fingerprint density at radius 2 is 1.83 bits per heavy atom. The Bertz CT molecular complexity index is 842. The summed E-state index contributed by atoms with van der Waals surface area (Å²) in [5, 5.41) is 1.01. The van der Waals surface area contributed by atoms with Gasteiger partial charge in [0, 0.05) is 49.1 Å². The molecule has 0 aliphatic heterocycles. The largest absolute Gasteiger partial charge is 0.347 e. The average molecular weight is 329 g/mol. The first-order valence-electron chi connectivity index (χ1n) is 8.07. The van der Waals surface area contributed by atoms with E-state index in [9.17, 15) is 8.78 Å². The van der Waals surface area contributed by atoms with Crippen LogP contribution in [0.15, 0.2) is 36.8 Å². The molecule has 0 aliphatic carbocycles. The molecule has 0 aliphatic rings. The van der Waals surface area contributed by atoms with Gasteiger partial charge in [-0.1, -0.05) is 0 Å². The van der Waals surface area contributed by atoms with Gasteiger partial charge in [-0.3, -0.25) is 9.97 Å². The SMILES string of the molecule is Cc1ccnc(C)c1Cc1nccc2c1ccn2CCC(C)(F)F. The van der Waals surface area contributed by atoms with Gasteiger partial charge in [0.2, 0.25) is 5.92 Å². The number of hydrogen-bond donors (Lipinski definition) is 0. The molecule has 0 amide bonds. The monoisotopic (exact) mass is 329 g/mol. The van der Waals surface area contributed by atoms with Gasteiger partial charge < -0.3 is 4.57 Å². The molecule has 3 rings (SSSR count). The zero-order chi connectivity index (χ0) is 17.3. The first-order valence-corrected chi connectivity index (χ1v) is 8.07. The second-order valence-corrected chi connectivity index (χ2v) is 6.39. The van der Waals surface area contributed by atoms with Crippen LogP contribution in [-0.4, -0.2) is 20.5 Å². The van der Waals surface area contributed by atoms with Crippen LogP contribution in [0.3, 0.4) is 0 Å². The number of halogens is 2. The minimum Gasteiger partial charge on any atom is -0.347 e. The molecule has 3 nitrogen and oxygen atoms in total. The first-order chi connectivity index (χ1) is 11.3. The second kappa shape index (κ2) is 6.30. The van der Waals surface area contributed by atoms with E-state index in [2.05, 4.69) is 16.9 Å². The lowest BCUT2D eigenvalue weighted by Crippen LogP contribution is -2.13. The summed E-state index contributed by atoms with van der Waals surface area (Å²) >= 11 is 0. The van der Waals surface area contributed by atoms with E-state index in [0.717, 1.165) is 29.2 Å². The molecule has 126 valence electrons. The van der Waals surface area contributed by atoms with Crippen molar-refractivity contribution in [3.63, 3.8) is 0 Å². The molecular weight excluding hydrogens is 308 g/mol. The Labute approximate surface area is 140 Å². The molecule has 5 heteroatoms. The van der Waals surface area contributed by atoms with Crippen molar-refractivity contribution in [1.82, 2.24) is 14.5 Å². The Hall–Kier alpha value is -2.30. The summed E-state index contributed by atoms with van der Waals surface area (Å²) in [5.74, 6) is -2.66. The van der Waals surface area contributed by atoms with E-state index in [0.29, 0.717) is 13.0 Å². The van der Waals surface area contributed by atoms with Crippen LogP contribution in [0, 0.1) is 13.8 Å². The molecule has 3 aromatic rings. The summed E-state index contributed by atoms with van der Waals surface area (Å²) in [5.41, 5.74) is 5.26. The summed E-state index contributed by atoms with van der Waals surface area (Å²) in [6.07, 6.45) is 5.94. The van der Waals surface area contributed by atoms with E-state index < -0.39 is 5.92 Å². The van der Waals surface area contributed by atoms with Crippen molar-refractivity contribution in [3.05, 3.63) is 59.3 Å². The van der Waals surface area contributed by atoms with Crippen molar-refractivity contribution < 1.29 is 8.78 Å². The van der Waals surface area contributed by atoms with Crippen LogP contribution in [0.5, 0.6) is 0 Å². The quantitative estimate of drug-likeness (QED) is 0.680. The predicted molar refractivity (Wildman–Crippen MR) is 91.5 cm³/mol. The molecule has 0 radical (unpaired) electrons. The number of aromatic nitrogens is 3. The van der Waals surface area contributed by atoms with Crippen LogP contribution < -0.4 is 0 Å². The van der Waals surface area contributed by atoms with Crippen LogP contribution in [0.2, 0.25) is 0 Å². The molecule has 3 heterocycles. The highest BCUT2D eigenvalue weighted by atomic mass is 19.3. The van der Waals surface area contributed by atoms with Crippen LogP contribution in [0.1, 0.15) is 35.9 Å². The topological polar surface area (TPSA) is 30.7 Å². The van der Waals surface area contributed by atoms with Crippen LogP contribution >= 0.6 is 0 Å². The molecule has 0 saturated heterocycles. The van der Waals surface area contributed by atoms with Gasteiger partial charge in [-0.25, -0.2) is 8.78 Å². The molecule has 0 aromatic carbocycles. The van der Waals surface area contributed by atoms with E-state index in [1.54, 1.807) is 6.20 Å². The first kappa shape index (κ1) is 16.6. The standard InChI is InChI=1S/C19H21F2N3/c1-13-4-8-22-14(2)16(13)12-17-15-6-10-24(11-7-19(3,20)21)18(15)5-9-23-17/h4-6,8-10H,7,11-12H2,1-3H3. The van der Waals surface area contributed by atoms with Gasteiger partial charge in [-0.05, 0) is 50.1 Å². The fraction of sp³-hybridized carbons (Fsp3) is 0.368. The number of aryl methyl sites for hydroxylation is 3. The minimum absolute atomic E-state index is 0.171. The van der Waals surface area contributed by atoms with Crippen molar-refractivity contribution >= 4 is 10.9 Å². The highest BCUT2D eigenvalue weighted by molar-refractivity contribution is 5.82. The van der Waals surface area contributed by atoms with E-state index in [-0.39, 0.29) is 6.42 Å². The Morgan fingerprint density at radius 3 is 2.54 bits per heavy atom. The maximum atomic E-state index is 13.1. The van der Waals surface area contributed by atoms with Crippen molar-refractivity contribution in [2.45, 2.75) is 46.1 Å². The van der Waals surface area contributed by atoms with Gasteiger partial charge >= 0.3 is 0 Å². The van der Waals surface area contributed by atoms with Gasteiger partial charge in [0.25, 0.3) is 0 Å². The third kappa shape index (κ3) is 3.45. The maximum absolute atomic E-state index is 13.1. The van der Waals surface area contributed by atoms with Gasteiger partial charge in [0.05, 0.1) is 11.2 Å². The van der Waals surface area contributed by atoms with E-state index >= 15 is 0 Å². The zero-order valence-corrected chi connectivity index (χ0v) is 14.2. The fourth-order valence-electron chi connectivity index (χ4n) is 2.99. The Balaban J connectivity index is 1.94. The predicted octanol–water partition coefficient (Wildman–Crippen LogP) is 4.68. The molecule has 0 N–H and O–H groups in total. The molecule has 0 bridgehead atoms. The highest BCUT2D eigenvalue weighted by Crippen LogP contribution is 2.25. The lowest BCUT2D eigenvalue weighted by Gasteiger charge is -2.12. The third-order valence-electron chi connectivity index (χ3n) is 4.42. The maximum Gasteiger partial charge on any atom is 0.247 e. The molecule has 3 aromatic heterocycles. The number of nitrogens with zero attached hydrogens (tertiary/aromatic N) is 3. The number of alkyl halides is 2. The number of rotatable bonds is 5. The van der Waals surface area contributed by atoms with Gasteiger partial charge in [-0.2, -0.15) is 0 Å². The summed E-state index contributed by atoms with van der Waals surface area (Å²) in [7, 11) is 0. The molecule has 0 spiro atoms. The summed E-state index contributed by atoms with van der Waals surface area (Å²) in [6.45, 7) is 5.32. The Kier molecular flexibility index (Phi) is 4.35. The Morgan fingerprint density at radius 1 is 1.08 bits per heavy atom. The number of pyridine rings is 2. The molecule has 0 fully saturated rings. The number of fused-ring (bicyclic) bond motifs is 1. The van der Waals surface area contributed by atoms with E-state index in [1.165, 1.54) is 11.1 Å². The van der Waals surface area contributed by atoms with E-state index in [1.807, 2.05) is 42.1 Å². The smallest absolute Gasteiger partial charge is 0.247 e. The van der Waals surface area contributed by atoms with Gasteiger partial charge in [0.1, 0.15) is 0 Å². The summed E-state index contributed by atoms with van der Waals surface area (Å²) in [4.78, 5) is 8.88. The molecule has 0 saturated carbocycles. The molecule has 0 atom stereocenters. The molecular formula is C19H21F2N3. The van der Waals surface area contributed by atoms with Crippen molar-refractivity contribution in [3.8, 4) is 0 Å². The molecule has 0 unspecified atom stereocenters. The minimum atomic E-state index is -2.66. The van der Waals surface area contributed by atoms with Crippen molar-refractivity contribution in [2.24, 2.45) is 0 Å². The molecule has 24 heavy (non-hydrogen) atoms. The lowest BCUT2D eigenvalue weighted by atomic mass is 10.0. The lowest BCUT2D eigenvalue weighted by molar-refractivity contribution is 0.00901. The summed E-state index contributed by atoms with van der Waals surface area (Å²) < 4.78 is 28.2.